The molecular weight excluding hydrogens is 536 g/mol. The summed E-state index contributed by atoms with van der Waals surface area (Å²) in [6.07, 6.45) is 4.26. The second-order valence-electron chi connectivity index (χ2n) is 11.1. The molecule has 0 amide bonds. The average Bonchev–Trinajstić information content (AvgIpc) is 3.68. The highest BCUT2D eigenvalue weighted by Crippen LogP contribution is 2.35. The Balaban J connectivity index is 1.27. The molecule has 0 radical (unpaired) electrons. The minimum atomic E-state index is 0.661. The molecule has 0 atom stereocenters. The van der Waals surface area contributed by atoms with Gasteiger partial charge in [-0.3, -0.25) is 4.57 Å². The van der Waals surface area contributed by atoms with Gasteiger partial charge in [-0.05, 0) is 46.2 Å². The summed E-state index contributed by atoms with van der Waals surface area (Å²) in [4.78, 5) is 10.5. The summed E-state index contributed by atoms with van der Waals surface area (Å²) in [5.74, 6) is 0.661. The fourth-order valence-electron chi connectivity index (χ4n) is 6.50. The van der Waals surface area contributed by atoms with Gasteiger partial charge in [-0.2, -0.15) is 0 Å². The number of para-hydroxylation sites is 3. The first kappa shape index (κ1) is 24.6. The summed E-state index contributed by atoms with van der Waals surface area (Å²) in [5, 5.41) is 5.88. The van der Waals surface area contributed by atoms with Crippen LogP contribution in [0, 0.1) is 0 Å². The molecule has 0 saturated heterocycles. The van der Waals surface area contributed by atoms with Crippen molar-refractivity contribution in [2.24, 2.45) is 0 Å². The molecule has 0 fully saturated rings. The Morgan fingerprint density at radius 3 is 1.80 bits per heavy atom. The molecule has 44 heavy (non-hydrogen) atoms. The maximum absolute atomic E-state index is 5.31. The molecule has 0 aliphatic rings. The lowest BCUT2D eigenvalue weighted by Crippen LogP contribution is -2.02. The lowest BCUT2D eigenvalue weighted by atomic mass is 9.97. The van der Waals surface area contributed by atoms with Gasteiger partial charge in [0.15, 0.2) is 0 Å². The monoisotopic (exact) mass is 562 g/mol. The number of aromatic nitrogens is 4. The third-order valence-electron chi connectivity index (χ3n) is 8.59. The molecule has 9 rings (SSSR count). The normalized spacial score (nSPS) is 11.6. The maximum Gasteiger partial charge on any atom is 0.235 e. The highest BCUT2D eigenvalue weighted by atomic mass is 15.2. The minimum absolute atomic E-state index is 0.661. The van der Waals surface area contributed by atoms with E-state index >= 15 is 0 Å². The van der Waals surface area contributed by atoms with Crippen LogP contribution >= 0.6 is 0 Å². The van der Waals surface area contributed by atoms with Gasteiger partial charge >= 0.3 is 0 Å². The van der Waals surface area contributed by atoms with E-state index < -0.39 is 0 Å². The van der Waals surface area contributed by atoms with Crippen molar-refractivity contribution in [2.75, 3.05) is 0 Å². The predicted molar refractivity (Wildman–Crippen MR) is 182 cm³/mol. The van der Waals surface area contributed by atoms with Gasteiger partial charge < -0.3 is 4.57 Å². The molecular formula is C40H26N4. The lowest BCUT2D eigenvalue weighted by Gasteiger charge is -2.11. The van der Waals surface area contributed by atoms with Crippen molar-refractivity contribution < 1.29 is 0 Å². The molecule has 0 unspecified atom stereocenters. The Morgan fingerprint density at radius 1 is 0.432 bits per heavy atom. The largest absolute Gasteiger partial charge is 0.321 e. The zero-order valence-corrected chi connectivity index (χ0v) is 23.8. The zero-order chi connectivity index (χ0) is 29.0. The first-order valence-corrected chi connectivity index (χ1v) is 14.8. The standard InChI is InChI=1S/C40H26N4/c1-2-13-30(14-3-1)43-25-35-36(26-43)41-40(44-37-19-8-6-16-33(37)34-17-7-9-20-38(34)44)42-39(35)29-23-21-28(22-24-29)32-18-10-12-27-11-4-5-15-31(27)32/h1-26H. The van der Waals surface area contributed by atoms with Crippen LogP contribution in [0.5, 0.6) is 0 Å². The molecule has 0 spiro atoms. The van der Waals surface area contributed by atoms with Gasteiger partial charge in [0.05, 0.1) is 22.2 Å². The molecule has 6 aromatic carbocycles. The lowest BCUT2D eigenvalue weighted by molar-refractivity contribution is 1.01. The zero-order valence-electron chi connectivity index (χ0n) is 23.8. The van der Waals surface area contributed by atoms with Crippen LogP contribution in [0.15, 0.2) is 158 Å². The molecule has 0 aliphatic heterocycles. The topological polar surface area (TPSA) is 35.6 Å². The van der Waals surface area contributed by atoms with E-state index in [-0.39, 0.29) is 0 Å². The number of nitrogens with zero attached hydrogens (tertiary/aromatic N) is 4. The van der Waals surface area contributed by atoms with Crippen LogP contribution in [-0.4, -0.2) is 19.1 Å². The SMILES string of the molecule is c1ccc(-n2cc3nc(-n4c5ccccc5c5ccccc54)nc(-c4ccc(-c5cccc6ccccc56)cc4)c3c2)cc1. The Hall–Kier alpha value is -6.00. The summed E-state index contributed by atoms with van der Waals surface area (Å²) in [6, 6.07) is 51.2. The second-order valence-corrected chi connectivity index (χ2v) is 11.1. The highest BCUT2D eigenvalue weighted by molar-refractivity contribution is 6.09. The van der Waals surface area contributed by atoms with Crippen LogP contribution < -0.4 is 0 Å². The van der Waals surface area contributed by atoms with Crippen LogP contribution in [-0.2, 0) is 0 Å². The molecule has 0 N–H and O–H groups in total. The van der Waals surface area contributed by atoms with Crippen molar-refractivity contribution >= 4 is 43.5 Å². The smallest absolute Gasteiger partial charge is 0.235 e. The summed E-state index contributed by atoms with van der Waals surface area (Å²) in [6.45, 7) is 0. The van der Waals surface area contributed by atoms with E-state index in [0.717, 1.165) is 38.9 Å². The van der Waals surface area contributed by atoms with Crippen molar-refractivity contribution in [3.8, 4) is 34.0 Å². The van der Waals surface area contributed by atoms with Crippen molar-refractivity contribution in [1.29, 1.82) is 0 Å². The van der Waals surface area contributed by atoms with Gasteiger partial charge in [0.25, 0.3) is 0 Å². The second kappa shape index (κ2) is 9.79. The summed E-state index contributed by atoms with van der Waals surface area (Å²) >= 11 is 0. The van der Waals surface area contributed by atoms with E-state index in [1.807, 2.05) is 6.07 Å². The van der Waals surface area contributed by atoms with Gasteiger partial charge in [0.1, 0.15) is 0 Å². The van der Waals surface area contributed by atoms with E-state index in [4.69, 9.17) is 9.97 Å². The summed E-state index contributed by atoms with van der Waals surface area (Å²) in [5.41, 5.74) is 8.53. The first-order valence-electron chi connectivity index (χ1n) is 14.8. The Labute approximate surface area is 254 Å². The minimum Gasteiger partial charge on any atom is -0.321 e. The van der Waals surface area contributed by atoms with Crippen molar-refractivity contribution in [3.05, 3.63) is 158 Å². The molecule has 206 valence electrons. The summed E-state index contributed by atoms with van der Waals surface area (Å²) < 4.78 is 4.33. The van der Waals surface area contributed by atoms with E-state index in [9.17, 15) is 0 Å². The summed E-state index contributed by atoms with van der Waals surface area (Å²) in [7, 11) is 0. The molecule has 0 aliphatic carbocycles. The van der Waals surface area contributed by atoms with E-state index in [0.29, 0.717) is 5.95 Å². The van der Waals surface area contributed by atoms with Crippen molar-refractivity contribution in [2.45, 2.75) is 0 Å². The number of fused-ring (bicyclic) bond motifs is 5. The van der Waals surface area contributed by atoms with Gasteiger partial charge in [0, 0.05) is 39.8 Å². The average molecular weight is 563 g/mol. The Morgan fingerprint density at radius 2 is 1.05 bits per heavy atom. The van der Waals surface area contributed by atoms with Gasteiger partial charge in [-0.15, -0.1) is 0 Å². The highest BCUT2D eigenvalue weighted by Gasteiger charge is 2.18. The van der Waals surface area contributed by atoms with E-state index in [1.165, 1.54) is 32.7 Å². The first-order chi connectivity index (χ1) is 21.8. The number of hydrogen-bond donors (Lipinski definition) is 0. The number of benzene rings is 6. The third-order valence-corrected chi connectivity index (χ3v) is 8.59. The Bertz CT molecular complexity index is 2430. The fourth-order valence-corrected chi connectivity index (χ4v) is 6.50. The maximum atomic E-state index is 5.31. The molecule has 9 aromatic rings. The quantitative estimate of drug-likeness (QED) is 0.214. The molecule has 3 aromatic heterocycles. The predicted octanol–water partition coefficient (Wildman–Crippen LogP) is 10.0. The van der Waals surface area contributed by atoms with Crippen molar-refractivity contribution in [1.82, 2.24) is 19.1 Å². The van der Waals surface area contributed by atoms with Crippen LogP contribution in [0.25, 0.3) is 77.5 Å². The molecule has 0 bridgehead atoms. The van der Waals surface area contributed by atoms with Crippen LogP contribution in [0.3, 0.4) is 0 Å². The van der Waals surface area contributed by atoms with Crippen molar-refractivity contribution in [3.63, 3.8) is 0 Å². The molecule has 3 heterocycles. The number of hydrogen-bond acceptors (Lipinski definition) is 2. The van der Waals surface area contributed by atoms with Gasteiger partial charge in [-0.25, -0.2) is 9.97 Å². The van der Waals surface area contributed by atoms with Crippen LogP contribution in [0.1, 0.15) is 0 Å². The van der Waals surface area contributed by atoms with Crippen LogP contribution in [0.2, 0.25) is 0 Å². The molecule has 4 heteroatoms. The van der Waals surface area contributed by atoms with Crippen LogP contribution in [0.4, 0.5) is 0 Å². The van der Waals surface area contributed by atoms with E-state index in [2.05, 4.69) is 161 Å². The van der Waals surface area contributed by atoms with E-state index in [1.54, 1.807) is 0 Å². The fraction of sp³-hybridized carbons (Fsp3) is 0. The third kappa shape index (κ3) is 3.85. The molecule has 0 saturated carbocycles. The molecule has 4 nitrogen and oxygen atoms in total. The number of rotatable bonds is 4. The van der Waals surface area contributed by atoms with Gasteiger partial charge in [-0.1, -0.05) is 121 Å². The van der Waals surface area contributed by atoms with Gasteiger partial charge in [0.2, 0.25) is 5.95 Å². The Kier molecular flexibility index (Phi) is 5.47.